The van der Waals surface area contributed by atoms with Crippen LogP contribution in [0.4, 0.5) is 4.39 Å². The van der Waals surface area contributed by atoms with Gasteiger partial charge in [-0.15, -0.1) is 0 Å². The van der Waals surface area contributed by atoms with Crippen LogP contribution in [0.3, 0.4) is 0 Å². The minimum absolute atomic E-state index is 0.275. The monoisotopic (exact) mass is 200 g/mol. The van der Waals surface area contributed by atoms with Crippen LogP contribution in [0.2, 0.25) is 0 Å². The van der Waals surface area contributed by atoms with E-state index in [1.54, 1.807) is 26.0 Å². The molecular weight excluding hydrogens is 191 g/mol. The van der Waals surface area contributed by atoms with Crippen LogP contribution in [0.25, 0.3) is 10.9 Å². The Bertz CT molecular complexity index is 582. The maximum absolute atomic E-state index is 13.6. The Morgan fingerprint density at radius 2 is 2.00 bits per heavy atom. The van der Waals surface area contributed by atoms with Crippen molar-refractivity contribution < 1.29 is 4.39 Å². The van der Waals surface area contributed by atoms with Gasteiger partial charge in [0.25, 0.3) is 0 Å². The molecule has 2 aromatic rings. The summed E-state index contributed by atoms with van der Waals surface area (Å²) < 4.78 is 13.6. The zero-order valence-electron chi connectivity index (χ0n) is 8.50. The van der Waals surface area contributed by atoms with E-state index in [9.17, 15) is 4.39 Å². The van der Waals surface area contributed by atoms with E-state index in [-0.39, 0.29) is 11.3 Å². The van der Waals surface area contributed by atoms with E-state index >= 15 is 0 Å². The summed E-state index contributed by atoms with van der Waals surface area (Å²) in [5.41, 5.74) is 2.20. The topological polar surface area (TPSA) is 36.7 Å². The second-order valence-electron chi connectivity index (χ2n) is 3.57. The maximum atomic E-state index is 13.6. The molecule has 15 heavy (non-hydrogen) atoms. The Morgan fingerprint density at radius 3 is 2.67 bits per heavy atom. The summed E-state index contributed by atoms with van der Waals surface area (Å²) in [6, 6.07) is 6.93. The predicted octanol–water partition coefficient (Wildman–Crippen LogP) is 2.86. The third-order valence-electron chi connectivity index (χ3n) is 2.26. The van der Waals surface area contributed by atoms with Crippen LogP contribution in [0.5, 0.6) is 0 Å². The van der Waals surface area contributed by atoms with E-state index in [0.29, 0.717) is 16.6 Å². The quantitative estimate of drug-likeness (QED) is 0.655. The highest BCUT2D eigenvalue weighted by Crippen LogP contribution is 2.22. The van der Waals surface area contributed by atoms with Crippen molar-refractivity contribution in [1.29, 1.82) is 5.26 Å². The number of pyridine rings is 1. The molecule has 0 aliphatic heterocycles. The van der Waals surface area contributed by atoms with Gasteiger partial charge in [0.2, 0.25) is 0 Å². The fourth-order valence-electron chi connectivity index (χ4n) is 1.64. The molecule has 2 rings (SSSR count). The lowest BCUT2D eigenvalue weighted by Gasteiger charge is -2.04. The average molecular weight is 200 g/mol. The first-order valence-corrected chi connectivity index (χ1v) is 4.59. The zero-order valence-corrected chi connectivity index (χ0v) is 8.50. The summed E-state index contributed by atoms with van der Waals surface area (Å²) >= 11 is 0. The van der Waals surface area contributed by atoms with Gasteiger partial charge in [-0.1, -0.05) is 0 Å². The molecule has 2 nitrogen and oxygen atoms in total. The number of hydrogen-bond acceptors (Lipinski definition) is 2. The Kier molecular flexibility index (Phi) is 2.12. The highest BCUT2D eigenvalue weighted by Gasteiger charge is 2.08. The summed E-state index contributed by atoms with van der Waals surface area (Å²) in [5, 5.41) is 9.53. The number of halogens is 1. The van der Waals surface area contributed by atoms with Crippen molar-refractivity contribution in [2.45, 2.75) is 13.8 Å². The molecular formula is C12H9FN2. The van der Waals surface area contributed by atoms with E-state index in [1.807, 2.05) is 0 Å². The highest BCUT2D eigenvalue weighted by molar-refractivity contribution is 5.85. The van der Waals surface area contributed by atoms with Crippen LogP contribution >= 0.6 is 0 Å². The van der Waals surface area contributed by atoms with E-state index in [0.717, 1.165) is 5.56 Å². The standard InChI is InChI=1S/C12H9FN2/c1-7-3-10-9(6-14)5-8(2)15-12(10)11(13)4-7/h3-5H,1-2H3. The number of benzene rings is 1. The second kappa shape index (κ2) is 3.32. The van der Waals surface area contributed by atoms with E-state index < -0.39 is 0 Å². The molecule has 0 atom stereocenters. The Labute approximate surface area is 87.0 Å². The number of rotatable bonds is 0. The van der Waals surface area contributed by atoms with Crippen LogP contribution in [0, 0.1) is 31.0 Å². The van der Waals surface area contributed by atoms with Crippen molar-refractivity contribution in [3.8, 4) is 6.07 Å². The third-order valence-corrected chi connectivity index (χ3v) is 2.26. The summed E-state index contributed by atoms with van der Waals surface area (Å²) in [7, 11) is 0. The van der Waals surface area contributed by atoms with Gasteiger partial charge in [-0.3, -0.25) is 0 Å². The van der Waals surface area contributed by atoms with Gasteiger partial charge in [0.1, 0.15) is 11.3 Å². The minimum Gasteiger partial charge on any atom is -0.250 e. The molecule has 0 amide bonds. The van der Waals surface area contributed by atoms with Crippen LogP contribution in [-0.4, -0.2) is 4.98 Å². The number of nitriles is 1. The summed E-state index contributed by atoms with van der Waals surface area (Å²) in [6.07, 6.45) is 0. The molecule has 0 saturated carbocycles. The molecule has 0 bridgehead atoms. The molecule has 1 aromatic heterocycles. The molecule has 0 spiro atoms. The molecule has 0 radical (unpaired) electrons. The third kappa shape index (κ3) is 1.55. The van der Waals surface area contributed by atoms with Crippen LogP contribution in [0.1, 0.15) is 16.8 Å². The summed E-state index contributed by atoms with van der Waals surface area (Å²) in [6.45, 7) is 3.54. The van der Waals surface area contributed by atoms with Gasteiger partial charge >= 0.3 is 0 Å². The number of aryl methyl sites for hydroxylation is 2. The van der Waals surface area contributed by atoms with E-state index in [1.165, 1.54) is 6.07 Å². The molecule has 1 heterocycles. The van der Waals surface area contributed by atoms with Gasteiger partial charge in [0.05, 0.1) is 11.6 Å². The Hall–Kier alpha value is -1.95. The molecule has 0 aliphatic carbocycles. The van der Waals surface area contributed by atoms with Crippen LogP contribution < -0.4 is 0 Å². The van der Waals surface area contributed by atoms with Crippen molar-refractivity contribution in [2.75, 3.05) is 0 Å². The number of nitrogens with zero attached hydrogens (tertiary/aromatic N) is 2. The average Bonchev–Trinajstić information content (AvgIpc) is 2.18. The van der Waals surface area contributed by atoms with Gasteiger partial charge in [-0.05, 0) is 37.6 Å². The summed E-state index contributed by atoms with van der Waals surface area (Å²) in [5.74, 6) is -0.370. The molecule has 1 aromatic carbocycles. The fourth-order valence-corrected chi connectivity index (χ4v) is 1.64. The van der Waals surface area contributed by atoms with Crippen molar-refractivity contribution in [3.63, 3.8) is 0 Å². The lowest BCUT2D eigenvalue weighted by molar-refractivity contribution is 0.635. The molecule has 3 heteroatoms. The minimum atomic E-state index is -0.370. The largest absolute Gasteiger partial charge is 0.250 e. The van der Waals surface area contributed by atoms with Crippen LogP contribution in [-0.2, 0) is 0 Å². The summed E-state index contributed by atoms with van der Waals surface area (Å²) in [4.78, 5) is 4.10. The lowest BCUT2D eigenvalue weighted by atomic mass is 10.1. The predicted molar refractivity (Wildman–Crippen MR) is 55.9 cm³/mol. The molecule has 0 unspecified atom stereocenters. The first kappa shape index (κ1) is 9.60. The number of hydrogen-bond donors (Lipinski definition) is 0. The zero-order chi connectivity index (χ0) is 11.0. The highest BCUT2D eigenvalue weighted by atomic mass is 19.1. The van der Waals surface area contributed by atoms with Crippen molar-refractivity contribution >= 4 is 10.9 Å². The SMILES string of the molecule is Cc1cc(F)c2nc(C)cc(C#N)c2c1. The number of aromatic nitrogens is 1. The Morgan fingerprint density at radius 1 is 1.27 bits per heavy atom. The maximum Gasteiger partial charge on any atom is 0.149 e. The fraction of sp³-hybridized carbons (Fsp3) is 0.167. The Balaban J connectivity index is 2.98. The van der Waals surface area contributed by atoms with E-state index in [2.05, 4.69) is 11.1 Å². The molecule has 74 valence electrons. The van der Waals surface area contributed by atoms with Crippen molar-refractivity contribution in [3.05, 3.63) is 40.8 Å². The first-order chi connectivity index (χ1) is 7.11. The van der Waals surface area contributed by atoms with Gasteiger partial charge in [-0.25, -0.2) is 9.37 Å². The normalized spacial score (nSPS) is 10.3. The first-order valence-electron chi connectivity index (χ1n) is 4.59. The van der Waals surface area contributed by atoms with Gasteiger partial charge < -0.3 is 0 Å². The van der Waals surface area contributed by atoms with Crippen molar-refractivity contribution in [1.82, 2.24) is 4.98 Å². The second-order valence-corrected chi connectivity index (χ2v) is 3.57. The molecule has 0 saturated heterocycles. The van der Waals surface area contributed by atoms with E-state index in [4.69, 9.17) is 5.26 Å². The molecule has 0 aliphatic rings. The van der Waals surface area contributed by atoms with Gasteiger partial charge in [0, 0.05) is 11.1 Å². The van der Waals surface area contributed by atoms with Crippen molar-refractivity contribution in [2.24, 2.45) is 0 Å². The van der Waals surface area contributed by atoms with Gasteiger partial charge in [0.15, 0.2) is 0 Å². The lowest BCUT2D eigenvalue weighted by Crippen LogP contribution is -1.92. The van der Waals surface area contributed by atoms with Crippen LogP contribution in [0.15, 0.2) is 18.2 Å². The smallest absolute Gasteiger partial charge is 0.149 e. The molecule has 0 N–H and O–H groups in total. The van der Waals surface area contributed by atoms with Gasteiger partial charge in [-0.2, -0.15) is 5.26 Å². The number of fused-ring (bicyclic) bond motifs is 1. The molecule has 0 fully saturated rings.